The third-order valence-corrected chi connectivity index (χ3v) is 5.99. The van der Waals surface area contributed by atoms with Gasteiger partial charge in [0.2, 0.25) is 0 Å². The maximum absolute atomic E-state index is 13.4. The molecule has 164 valence electrons. The molecule has 1 aliphatic rings. The summed E-state index contributed by atoms with van der Waals surface area (Å²) in [7, 11) is 0. The zero-order valence-electron chi connectivity index (χ0n) is 18.3. The maximum Gasteiger partial charge on any atom is 0.410 e. The van der Waals surface area contributed by atoms with Crippen LogP contribution in [0.5, 0.6) is 0 Å². The first-order chi connectivity index (χ1) is 15.7. The molecule has 0 bridgehead atoms. The molecule has 1 saturated heterocycles. The zero-order chi connectivity index (χ0) is 22.3. The van der Waals surface area contributed by atoms with Crippen molar-refractivity contribution < 1.29 is 14.3 Å². The summed E-state index contributed by atoms with van der Waals surface area (Å²) in [5, 5.41) is 0. The Kier molecular flexibility index (Phi) is 7.03. The number of rotatable bonds is 6. The Labute approximate surface area is 190 Å². The first-order valence-electron chi connectivity index (χ1n) is 11.0. The summed E-state index contributed by atoms with van der Waals surface area (Å²) in [5.74, 6) is 0.0855. The summed E-state index contributed by atoms with van der Waals surface area (Å²) in [4.78, 5) is 15.2. The van der Waals surface area contributed by atoms with Crippen LogP contribution in [0.15, 0.2) is 104 Å². The second-order valence-corrected chi connectivity index (χ2v) is 8.15. The molecule has 0 aliphatic carbocycles. The van der Waals surface area contributed by atoms with Crippen molar-refractivity contribution in [3.63, 3.8) is 0 Å². The Morgan fingerprint density at radius 2 is 1.56 bits per heavy atom. The SMILES string of the molecule is C=C[C@H](C)[C@H]1CN(C(=O)OCc2ccccc2)[C@H](c2ccccc2)[C@H](c2ccccc2)O1. The van der Waals surface area contributed by atoms with Crippen molar-refractivity contribution in [1.82, 2.24) is 4.90 Å². The molecule has 1 fully saturated rings. The molecule has 0 radical (unpaired) electrons. The lowest BCUT2D eigenvalue weighted by Crippen LogP contribution is -2.50. The highest BCUT2D eigenvalue weighted by Crippen LogP contribution is 2.43. The third-order valence-electron chi connectivity index (χ3n) is 5.99. The van der Waals surface area contributed by atoms with E-state index in [9.17, 15) is 4.79 Å². The number of nitrogens with zero attached hydrogens (tertiary/aromatic N) is 1. The van der Waals surface area contributed by atoms with Gasteiger partial charge in [-0.3, -0.25) is 4.90 Å². The number of benzene rings is 3. The van der Waals surface area contributed by atoms with E-state index in [1.165, 1.54) is 0 Å². The fourth-order valence-electron chi connectivity index (χ4n) is 4.12. The normalized spacial score (nSPS) is 21.5. The summed E-state index contributed by atoms with van der Waals surface area (Å²) >= 11 is 0. The summed E-state index contributed by atoms with van der Waals surface area (Å²) in [5.41, 5.74) is 3.01. The van der Waals surface area contributed by atoms with Crippen molar-refractivity contribution in [2.24, 2.45) is 5.92 Å². The molecule has 4 heteroatoms. The van der Waals surface area contributed by atoms with Gasteiger partial charge in [0.05, 0.1) is 18.7 Å². The Bertz CT molecular complexity index is 1010. The van der Waals surface area contributed by atoms with Gasteiger partial charge in [-0.1, -0.05) is 104 Å². The van der Waals surface area contributed by atoms with Gasteiger partial charge in [0.25, 0.3) is 0 Å². The van der Waals surface area contributed by atoms with Gasteiger partial charge in [0.1, 0.15) is 12.7 Å². The minimum absolute atomic E-state index is 0.0855. The van der Waals surface area contributed by atoms with Crippen LogP contribution in [0.1, 0.15) is 35.8 Å². The summed E-state index contributed by atoms with van der Waals surface area (Å²) in [6, 6.07) is 29.6. The number of amides is 1. The van der Waals surface area contributed by atoms with Gasteiger partial charge >= 0.3 is 6.09 Å². The van der Waals surface area contributed by atoms with E-state index in [0.29, 0.717) is 6.54 Å². The third kappa shape index (κ3) is 4.92. The number of hydrogen-bond acceptors (Lipinski definition) is 3. The van der Waals surface area contributed by atoms with Crippen LogP contribution >= 0.6 is 0 Å². The van der Waals surface area contributed by atoms with Gasteiger partial charge in [-0.2, -0.15) is 0 Å². The van der Waals surface area contributed by atoms with Crippen LogP contribution in [0, 0.1) is 5.92 Å². The van der Waals surface area contributed by atoms with Gasteiger partial charge in [0.15, 0.2) is 0 Å². The van der Waals surface area contributed by atoms with E-state index in [-0.39, 0.29) is 36.9 Å². The maximum atomic E-state index is 13.4. The van der Waals surface area contributed by atoms with E-state index in [1.54, 1.807) is 0 Å². The van der Waals surface area contributed by atoms with Crippen molar-refractivity contribution >= 4 is 6.09 Å². The van der Waals surface area contributed by atoms with E-state index >= 15 is 0 Å². The molecule has 3 aromatic carbocycles. The van der Waals surface area contributed by atoms with E-state index in [4.69, 9.17) is 9.47 Å². The van der Waals surface area contributed by atoms with Gasteiger partial charge in [-0.15, -0.1) is 6.58 Å². The Morgan fingerprint density at radius 3 is 2.16 bits per heavy atom. The van der Waals surface area contributed by atoms with Crippen LogP contribution in [-0.2, 0) is 16.1 Å². The smallest absolute Gasteiger partial charge is 0.410 e. The first-order valence-corrected chi connectivity index (χ1v) is 11.0. The second kappa shape index (κ2) is 10.3. The molecule has 4 nitrogen and oxygen atoms in total. The lowest BCUT2D eigenvalue weighted by molar-refractivity contribution is -0.128. The average Bonchev–Trinajstić information content (AvgIpc) is 2.87. The molecule has 0 aromatic heterocycles. The molecule has 1 aliphatic heterocycles. The first kappa shape index (κ1) is 21.8. The van der Waals surface area contributed by atoms with Crippen LogP contribution in [0.2, 0.25) is 0 Å². The highest BCUT2D eigenvalue weighted by atomic mass is 16.6. The number of hydrogen-bond donors (Lipinski definition) is 0. The van der Waals surface area contributed by atoms with Gasteiger partial charge < -0.3 is 9.47 Å². The minimum Gasteiger partial charge on any atom is -0.445 e. The molecule has 4 atom stereocenters. The Hall–Kier alpha value is -3.37. The molecule has 0 spiro atoms. The number of ether oxygens (including phenoxy) is 2. The van der Waals surface area contributed by atoms with Crippen molar-refractivity contribution in [2.75, 3.05) is 6.54 Å². The largest absolute Gasteiger partial charge is 0.445 e. The molecular weight excluding hydrogens is 398 g/mol. The van der Waals surface area contributed by atoms with E-state index < -0.39 is 0 Å². The number of morpholine rings is 1. The summed E-state index contributed by atoms with van der Waals surface area (Å²) in [6.45, 7) is 6.67. The predicted octanol–water partition coefficient (Wildman–Crippen LogP) is 6.33. The fourth-order valence-corrected chi connectivity index (χ4v) is 4.12. The van der Waals surface area contributed by atoms with Crippen molar-refractivity contribution in [3.8, 4) is 0 Å². The Balaban J connectivity index is 1.69. The lowest BCUT2D eigenvalue weighted by atomic mass is 9.90. The van der Waals surface area contributed by atoms with Crippen molar-refractivity contribution in [2.45, 2.75) is 31.8 Å². The van der Waals surface area contributed by atoms with Gasteiger partial charge in [-0.05, 0) is 16.7 Å². The van der Waals surface area contributed by atoms with Crippen LogP contribution in [0.4, 0.5) is 4.79 Å². The lowest BCUT2D eigenvalue weighted by Gasteiger charge is -2.45. The summed E-state index contributed by atoms with van der Waals surface area (Å²) < 4.78 is 12.4. The molecule has 4 rings (SSSR count). The number of carbonyl (C=O) groups is 1. The monoisotopic (exact) mass is 427 g/mol. The molecule has 0 saturated carbocycles. The molecular formula is C28H29NO3. The standard InChI is InChI=1S/C28H29NO3/c1-3-21(2)25-19-29(28(30)31-20-22-13-7-4-8-14-22)26(23-15-9-5-10-16-23)27(32-25)24-17-11-6-12-18-24/h3-18,21,25-27H,1,19-20H2,2H3/t21-,25+,26+,27-/m0/s1. The van der Waals surface area contributed by atoms with Crippen molar-refractivity contribution in [1.29, 1.82) is 0 Å². The van der Waals surface area contributed by atoms with Gasteiger partial charge in [-0.25, -0.2) is 4.79 Å². The molecule has 3 aromatic rings. The molecule has 0 N–H and O–H groups in total. The van der Waals surface area contributed by atoms with E-state index in [2.05, 4.69) is 25.6 Å². The van der Waals surface area contributed by atoms with Crippen LogP contribution in [0.25, 0.3) is 0 Å². The van der Waals surface area contributed by atoms with Crippen LogP contribution < -0.4 is 0 Å². The van der Waals surface area contributed by atoms with Crippen LogP contribution in [0.3, 0.4) is 0 Å². The average molecular weight is 428 g/mol. The minimum atomic E-state index is -0.340. The van der Waals surface area contributed by atoms with Crippen LogP contribution in [-0.4, -0.2) is 23.6 Å². The quantitative estimate of drug-likeness (QED) is 0.432. The number of carbonyl (C=O) groups excluding carboxylic acids is 1. The fraction of sp³-hybridized carbons (Fsp3) is 0.250. The topological polar surface area (TPSA) is 38.8 Å². The van der Waals surface area contributed by atoms with E-state index in [0.717, 1.165) is 16.7 Å². The summed E-state index contributed by atoms with van der Waals surface area (Å²) in [6.07, 6.45) is 1.04. The molecule has 1 amide bonds. The highest BCUT2D eigenvalue weighted by Gasteiger charge is 2.42. The van der Waals surface area contributed by atoms with E-state index in [1.807, 2.05) is 89.8 Å². The second-order valence-electron chi connectivity index (χ2n) is 8.15. The van der Waals surface area contributed by atoms with Gasteiger partial charge in [0, 0.05) is 5.92 Å². The Morgan fingerprint density at radius 1 is 1.00 bits per heavy atom. The molecule has 32 heavy (non-hydrogen) atoms. The van der Waals surface area contributed by atoms with Crippen molar-refractivity contribution in [3.05, 3.63) is 120 Å². The molecule has 0 unspecified atom stereocenters. The zero-order valence-corrected chi connectivity index (χ0v) is 18.3. The predicted molar refractivity (Wildman–Crippen MR) is 126 cm³/mol. The molecule has 1 heterocycles. The highest BCUT2D eigenvalue weighted by molar-refractivity contribution is 5.69.